The summed E-state index contributed by atoms with van der Waals surface area (Å²) in [5.41, 5.74) is 5.03. The number of nitrogens with two attached hydrogens (primary N) is 1. The number of H-pyrrole nitrogens is 1. The number of hydrogen-bond acceptors (Lipinski definition) is 4. The number of ether oxygens (including phenoxy) is 1. The van der Waals surface area contributed by atoms with Gasteiger partial charge in [-0.25, -0.2) is 5.84 Å². The first kappa shape index (κ1) is 14.8. The highest BCUT2D eigenvalue weighted by Crippen LogP contribution is 2.22. The van der Waals surface area contributed by atoms with Crippen molar-refractivity contribution in [3.8, 4) is 17.0 Å². The lowest BCUT2D eigenvalue weighted by atomic mass is 10.1. The quantitative estimate of drug-likeness (QED) is 0.383. The summed E-state index contributed by atoms with van der Waals surface area (Å²) in [6.07, 6.45) is 0. The number of rotatable bonds is 5. The molecule has 0 saturated carbocycles. The predicted octanol–water partition coefficient (Wildman–Crippen LogP) is 2.26. The van der Waals surface area contributed by atoms with E-state index < -0.39 is 5.91 Å². The van der Waals surface area contributed by atoms with Crippen molar-refractivity contribution in [1.29, 1.82) is 0 Å². The fourth-order valence-corrected chi connectivity index (χ4v) is 2.13. The molecule has 0 unspecified atom stereocenters. The summed E-state index contributed by atoms with van der Waals surface area (Å²) >= 11 is 0. The highest BCUT2D eigenvalue weighted by Gasteiger charge is 2.09. The van der Waals surface area contributed by atoms with Crippen molar-refractivity contribution >= 4 is 5.91 Å². The van der Waals surface area contributed by atoms with Crippen LogP contribution in [-0.2, 0) is 6.61 Å². The van der Waals surface area contributed by atoms with Gasteiger partial charge in [-0.05, 0) is 35.9 Å². The van der Waals surface area contributed by atoms with Crippen molar-refractivity contribution in [3.63, 3.8) is 0 Å². The first-order chi connectivity index (χ1) is 11.3. The summed E-state index contributed by atoms with van der Waals surface area (Å²) < 4.78 is 5.73. The highest BCUT2D eigenvalue weighted by atomic mass is 16.5. The van der Waals surface area contributed by atoms with Crippen LogP contribution in [0.1, 0.15) is 16.1 Å². The normalized spacial score (nSPS) is 10.3. The molecule has 1 amide bonds. The molecule has 1 heterocycles. The molecule has 3 aromatic rings. The van der Waals surface area contributed by atoms with Crippen LogP contribution in [0.15, 0.2) is 60.7 Å². The highest BCUT2D eigenvalue weighted by molar-refractivity contribution is 5.92. The number of hydrogen-bond donors (Lipinski definition) is 3. The van der Waals surface area contributed by atoms with E-state index in [2.05, 4.69) is 15.6 Å². The fraction of sp³-hybridized carbons (Fsp3) is 0.0588. The van der Waals surface area contributed by atoms with Crippen molar-refractivity contribution in [1.82, 2.24) is 15.6 Å². The zero-order valence-electron chi connectivity index (χ0n) is 12.3. The Bertz CT molecular complexity index is 782. The number of carbonyl (C=O) groups excluding carboxylic acids is 1. The third-order valence-corrected chi connectivity index (χ3v) is 3.35. The van der Waals surface area contributed by atoms with Crippen molar-refractivity contribution in [3.05, 3.63) is 71.9 Å². The van der Waals surface area contributed by atoms with Crippen LogP contribution in [0.3, 0.4) is 0 Å². The Labute approximate surface area is 133 Å². The van der Waals surface area contributed by atoms with Gasteiger partial charge in [0, 0.05) is 5.56 Å². The smallest absolute Gasteiger partial charge is 0.283 e. The van der Waals surface area contributed by atoms with E-state index in [0.717, 1.165) is 16.9 Å². The average molecular weight is 308 g/mol. The number of carbonyl (C=O) groups is 1. The van der Waals surface area contributed by atoms with Gasteiger partial charge >= 0.3 is 0 Å². The Morgan fingerprint density at radius 2 is 1.87 bits per heavy atom. The van der Waals surface area contributed by atoms with Crippen molar-refractivity contribution in [2.75, 3.05) is 0 Å². The van der Waals surface area contributed by atoms with Crippen LogP contribution < -0.4 is 16.0 Å². The summed E-state index contributed by atoms with van der Waals surface area (Å²) in [5, 5.41) is 6.74. The Hall–Kier alpha value is -3.12. The SMILES string of the molecule is NNC(=O)c1cc(-c2ccc(OCc3ccccc3)cc2)n[nH]1. The summed E-state index contributed by atoms with van der Waals surface area (Å²) in [6.45, 7) is 0.517. The van der Waals surface area contributed by atoms with E-state index in [1.54, 1.807) is 6.07 Å². The minimum atomic E-state index is -0.411. The van der Waals surface area contributed by atoms with Gasteiger partial charge in [-0.15, -0.1) is 0 Å². The van der Waals surface area contributed by atoms with Gasteiger partial charge in [0.2, 0.25) is 0 Å². The second-order valence-corrected chi connectivity index (χ2v) is 4.94. The van der Waals surface area contributed by atoms with Gasteiger partial charge in [0.25, 0.3) is 5.91 Å². The maximum Gasteiger partial charge on any atom is 0.283 e. The zero-order chi connectivity index (χ0) is 16.1. The summed E-state index contributed by atoms with van der Waals surface area (Å²) in [5.74, 6) is 5.45. The molecule has 0 aliphatic carbocycles. The third kappa shape index (κ3) is 3.56. The summed E-state index contributed by atoms with van der Waals surface area (Å²) in [4.78, 5) is 11.4. The van der Waals surface area contributed by atoms with Crippen LogP contribution in [-0.4, -0.2) is 16.1 Å². The topological polar surface area (TPSA) is 93.0 Å². The summed E-state index contributed by atoms with van der Waals surface area (Å²) in [6, 6.07) is 19.1. The van der Waals surface area contributed by atoms with Crippen LogP contribution in [0.25, 0.3) is 11.3 Å². The number of nitrogens with one attached hydrogen (secondary N) is 2. The zero-order valence-corrected chi connectivity index (χ0v) is 12.3. The number of benzene rings is 2. The molecular formula is C17H16N4O2. The molecule has 2 aromatic carbocycles. The number of aromatic nitrogens is 2. The largest absolute Gasteiger partial charge is 0.489 e. The molecule has 0 radical (unpaired) electrons. The molecule has 0 atom stereocenters. The van der Waals surface area contributed by atoms with E-state index in [1.807, 2.05) is 54.6 Å². The number of aromatic amines is 1. The van der Waals surface area contributed by atoms with Crippen molar-refractivity contribution in [2.45, 2.75) is 6.61 Å². The fourth-order valence-electron chi connectivity index (χ4n) is 2.13. The molecule has 6 heteroatoms. The molecule has 116 valence electrons. The van der Waals surface area contributed by atoms with E-state index in [4.69, 9.17) is 10.6 Å². The molecule has 6 nitrogen and oxygen atoms in total. The molecule has 0 aliphatic rings. The maximum atomic E-state index is 11.4. The van der Waals surface area contributed by atoms with Gasteiger partial charge in [-0.1, -0.05) is 30.3 Å². The molecular weight excluding hydrogens is 292 g/mol. The van der Waals surface area contributed by atoms with Crippen molar-refractivity contribution < 1.29 is 9.53 Å². The Kier molecular flexibility index (Phi) is 4.35. The number of hydrazine groups is 1. The molecule has 0 saturated heterocycles. The third-order valence-electron chi connectivity index (χ3n) is 3.35. The van der Waals surface area contributed by atoms with Crippen LogP contribution in [0, 0.1) is 0 Å². The van der Waals surface area contributed by atoms with Crippen LogP contribution >= 0.6 is 0 Å². The Morgan fingerprint density at radius 1 is 1.13 bits per heavy atom. The second-order valence-electron chi connectivity index (χ2n) is 4.94. The van der Waals surface area contributed by atoms with Gasteiger partial charge in [-0.3, -0.25) is 15.3 Å². The lowest BCUT2D eigenvalue weighted by Crippen LogP contribution is -2.30. The van der Waals surface area contributed by atoms with E-state index >= 15 is 0 Å². The lowest BCUT2D eigenvalue weighted by molar-refractivity contribution is 0.0948. The Morgan fingerprint density at radius 3 is 2.57 bits per heavy atom. The maximum absolute atomic E-state index is 11.4. The van der Waals surface area contributed by atoms with Crippen LogP contribution in [0.2, 0.25) is 0 Å². The van der Waals surface area contributed by atoms with Crippen LogP contribution in [0.4, 0.5) is 0 Å². The van der Waals surface area contributed by atoms with Gasteiger partial charge in [0.05, 0.1) is 5.69 Å². The van der Waals surface area contributed by atoms with Gasteiger partial charge < -0.3 is 4.74 Å². The number of nitrogens with zero attached hydrogens (tertiary/aromatic N) is 1. The molecule has 3 rings (SSSR count). The van der Waals surface area contributed by atoms with Crippen LogP contribution in [0.5, 0.6) is 5.75 Å². The molecule has 1 aromatic heterocycles. The second kappa shape index (κ2) is 6.76. The summed E-state index contributed by atoms with van der Waals surface area (Å²) in [7, 11) is 0. The minimum absolute atomic E-state index is 0.312. The molecule has 0 fully saturated rings. The first-order valence-corrected chi connectivity index (χ1v) is 7.10. The lowest BCUT2D eigenvalue weighted by Gasteiger charge is -2.06. The van der Waals surface area contributed by atoms with Gasteiger partial charge in [0.1, 0.15) is 18.1 Å². The minimum Gasteiger partial charge on any atom is -0.489 e. The van der Waals surface area contributed by atoms with E-state index in [0.29, 0.717) is 18.0 Å². The molecule has 0 bridgehead atoms. The molecule has 0 spiro atoms. The first-order valence-electron chi connectivity index (χ1n) is 7.10. The Balaban J connectivity index is 1.67. The van der Waals surface area contributed by atoms with E-state index in [-0.39, 0.29) is 0 Å². The molecule has 4 N–H and O–H groups in total. The van der Waals surface area contributed by atoms with Crippen molar-refractivity contribution in [2.24, 2.45) is 5.84 Å². The van der Waals surface area contributed by atoms with Gasteiger partial charge in [-0.2, -0.15) is 5.10 Å². The number of amides is 1. The van der Waals surface area contributed by atoms with E-state index in [9.17, 15) is 4.79 Å². The van der Waals surface area contributed by atoms with E-state index in [1.165, 1.54) is 0 Å². The number of nitrogen functional groups attached to an aromatic ring is 1. The van der Waals surface area contributed by atoms with Gasteiger partial charge in [0.15, 0.2) is 0 Å². The average Bonchev–Trinajstić information content (AvgIpc) is 3.11. The molecule has 23 heavy (non-hydrogen) atoms. The predicted molar refractivity (Wildman–Crippen MR) is 86.5 cm³/mol. The standard InChI is InChI=1S/C17H16N4O2/c18-19-17(22)16-10-15(20-21-16)13-6-8-14(9-7-13)23-11-12-4-2-1-3-5-12/h1-10H,11,18H2,(H,19,22)(H,20,21). The molecule has 0 aliphatic heterocycles. The monoisotopic (exact) mass is 308 g/mol.